The van der Waals surface area contributed by atoms with Crippen molar-refractivity contribution in [2.45, 2.75) is 6.42 Å². The van der Waals surface area contributed by atoms with E-state index in [0.29, 0.717) is 11.3 Å². The molecule has 0 spiro atoms. The molecule has 2 N–H and O–H groups in total. The normalized spacial score (nSPS) is 10.2. The Bertz CT molecular complexity index is 1150. The minimum Gasteiger partial charge on any atom is -0.493 e. The molecule has 0 aliphatic carbocycles. The molecule has 32 heavy (non-hydrogen) atoms. The van der Waals surface area contributed by atoms with E-state index in [2.05, 4.69) is 20.8 Å². The van der Waals surface area contributed by atoms with Gasteiger partial charge in [0, 0.05) is 12.1 Å². The molecule has 0 saturated carbocycles. The lowest BCUT2D eigenvalue weighted by Gasteiger charge is -2.12. The molecule has 1 aromatic heterocycles. The maximum absolute atomic E-state index is 12.2. The van der Waals surface area contributed by atoms with Gasteiger partial charge < -0.3 is 9.47 Å². The summed E-state index contributed by atoms with van der Waals surface area (Å²) in [6.45, 7) is 0. The summed E-state index contributed by atoms with van der Waals surface area (Å²) in [4.78, 5) is 40.8. The average molecular weight is 440 g/mol. The number of amides is 1. The number of nitro groups is 2. The number of benzene rings is 2. The second kappa shape index (κ2) is 9.80. The van der Waals surface area contributed by atoms with Crippen LogP contribution < -0.4 is 20.3 Å². The Morgan fingerprint density at radius 1 is 1.00 bits per heavy atom. The Labute approximate surface area is 180 Å². The Hall–Kier alpha value is -4.81. The SMILES string of the molecule is COc1ccccc1Oc1ncnc(NNC(=O)Cc2ccc([N+](=O)[O-])cc2)c1[N+](=O)[O-]. The van der Waals surface area contributed by atoms with E-state index in [1.807, 2.05) is 0 Å². The monoisotopic (exact) mass is 440 g/mol. The Kier molecular flexibility index (Phi) is 6.70. The van der Waals surface area contributed by atoms with Gasteiger partial charge in [-0.25, -0.2) is 4.98 Å². The molecule has 0 aliphatic heterocycles. The number of anilines is 1. The number of non-ortho nitro benzene ring substituents is 1. The first-order chi connectivity index (χ1) is 15.4. The fourth-order valence-corrected chi connectivity index (χ4v) is 2.59. The summed E-state index contributed by atoms with van der Waals surface area (Å²) >= 11 is 0. The molecule has 13 nitrogen and oxygen atoms in total. The number of nitrogens with zero attached hydrogens (tertiary/aromatic N) is 4. The van der Waals surface area contributed by atoms with Gasteiger partial charge in [0.05, 0.1) is 23.4 Å². The first-order valence-corrected chi connectivity index (χ1v) is 8.97. The zero-order chi connectivity index (χ0) is 23.1. The van der Waals surface area contributed by atoms with Gasteiger partial charge in [0.25, 0.3) is 5.69 Å². The first kappa shape index (κ1) is 21.9. The van der Waals surface area contributed by atoms with E-state index >= 15 is 0 Å². The highest BCUT2D eigenvalue weighted by molar-refractivity contribution is 5.80. The third-order valence-corrected chi connectivity index (χ3v) is 4.08. The van der Waals surface area contributed by atoms with E-state index in [-0.39, 0.29) is 29.6 Å². The molecule has 0 aliphatic rings. The van der Waals surface area contributed by atoms with Crippen LogP contribution in [-0.4, -0.2) is 32.8 Å². The largest absolute Gasteiger partial charge is 0.493 e. The predicted octanol–water partition coefficient (Wildman–Crippen LogP) is 2.78. The Morgan fingerprint density at radius 3 is 2.31 bits per heavy atom. The lowest BCUT2D eigenvalue weighted by molar-refractivity contribution is -0.385. The van der Waals surface area contributed by atoms with Crippen molar-refractivity contribution in [1.29, 1.82) is 0 Å². The number of carbonyl (C=O) groups is 1. The van der Waals surface area contributed by atoms with Crippen molar-refractivity contribution in [3.63, 3.8) is 0 Å². The second-order valence-corrected chi connectivity index (χ2v) is 6.16. The van der Waals surface area contributed by atoms with Crippen molar-refractivity contribution in [3.05, 3.63) is 80.7 Å². The zero-order valence-electron chi connectivity index (χ0n) is 16.5. The van der Waals surface area contributed by atoms with Crippen LogP contribution in [0.25, 0.3) is 0 Å². The maximum atomic E-state index is 12.2. The van der Waals surface area contributed by atoms with Crippen LogP contribution in [-0.2, 0) is 11.2 Å². The van der Waals surface area contributed by atoms with Gasteiger partial charge in [0.2, 0.25) is 11.7 Å². The molecule has 0 atom stereocenters. The van der Waals surface area contributed by atoms with Gasteiger partial charge in [-0.05, 0) is 17.7 Å². The van der Waals surface area contributed by atoms with Crippen LogP contribution in [0.2, 0.25) is 0 Å². The van der Waals surface area contributed by atoms with Gasteiger partial charge in [0.1, 0.15) is 6.33 Å². The van der Waals surface area contributed by atoms with E-state index in [4.69, 9.17) is 9.47 Å². The smallest absolute Gasteiger partial charge is 0.374 e. The molecule has 3 rings (SSSR count). The number of aromatic nitrogens is 2. The lowest BCUT2D eigenvalue weighted by atomic mass is 10.1. The summed E-state index contributed by atoms with van der Waals surface area (Å²) in [5, 5.41) is 22.3. The number of ether oxygens (including phenoxy) is 2. The molecule has 0 saturated heterocycles. The highest BCUT2D eigenvalue weighted by Gasteiger charge is 2.26. The van der Waals surface area contributed by atoms with Crippen LogP contribution in [0, 0.1) is 20.2 Å². The molecule has 2 aromatic carbocycles. The summed E-state index contributed by atoms with van der Waals surface area (Å²) in [6, 6.07) is 11.9. The summed E-state index contributed by atoms with van der Waals surface area (Å²) in [5.74, 6) is -0.677. The number of carbonyl (C=O) groups excluding carboxylic acids is 1. The van der Waals surface area contributed by atoms with Gasteiger partial charge >= 0.3 is 11.6 Å². The van der Waals surface area contributed by atoms with E-state index in [0.717, 1.165) is 6.33 Å². The van der Waals surface area contributed by atoms with Crippen LogP contribution in [0.4, 0.5) is 17.2 Å². The molecular weight excluding hydrogens is 424 g/mol. The first-order valence-electron chi connectivity index (χ1n) is 8.97. The predicted molar refractivity (Wildman–Crippen MR) is 110 cm³/mol. The molecule has 0 bridgehead atoms. The second-order valence-electron chi connectivity index (χ2n) is 6.16. The van der Waals surface area contributed by atoms with Crippen LogP contribution in [0.15, 0.2) is 54.9 Å². The van der Waals surface area contributed by atoms with Gasteiger partial charge in [-0.15, -0.1) is 0 Å². The van der Waals surface area contributed by atoms with Gasteiger partial charge in [-0.2, -0.15) is 4.98 Å². The van der Waals surface area contributed by atoms with Crippen LogP contribution in [0.1, 0.15) is 5.56 Å². The molecule has 0 unspecified atom stereocenters. The number of hydrazine groups is 1. The van der Waals surface area contributed by atoms with E-state index in [1.165, 1.54) is 31.4 Å². The third kappa shape index (κ3) is 5.21. The summed E-state index contributed by atoms with van der Waals surface area (Å²) in [7, 11) is 1.42. The summed E-state index contributed by atoms with van der Waals surface area (Å²) < 4.78 is 10.7. The van der Waals surface area contributed by atoms with E-state index < -0.39 is 21.4 Å². The molecule has 1 amide bonds. The van der Waals surface area contributed by atoms with E-state index in [1.54, 1.807) is 24.3 Å². The van der Waals surface area contributed by atoms with Crippen molar-refractivity contribution in [2.24, 2.45) is 0 Å². The van der Waals surface area contributed by atoms with Gasteiger partial charge in [-0.1, -0.05) is 24.3 Å². The van der Waals surface area contributed by atoms with Crippen molar-refractivity contribution in [1.82, 2.24) is 15.4 Å². The Morgan fingerprint density at radius 2 is 1.69 bits per heavy atom. The quantitative estimate of drug-likeness (QED) is 0.372. The number of nitro benzene ring substituents is 1. The summed E-state index contributed by atoms with van der Waals surface area (Å²) in [5.41, 5.74) is 4.48. The number of hydrogen-bond acceptors (Lipinski definition) is 10. The molecule has 13 heteroatoms. The number of rotatable bonds is 9. The standard InChI is InChI=1S/C19H16N6O7/c1-31-14-4-2-3-5-15(14)32-19-17(25(29)30)18(20-11-21-19)23-22-16(26)10-12-6-8-13(9-7-12)24(27)28/h2-9,11H,10H2,1H3,(H,22,26)(H,20,21,23). The van der Waals surface area contributed by atoms with Gasteiger partial charge in [-0.3, -0.25) is 35.9 Å². The molecule has 164 valence electrons. The third-order valence-electron chi connectivity index (χ3n) is 4.08. The number of hydrogen-bond donors (Lipinski definition) is 2. The van der Waals surface area contributed by atoms with Crippen LogP contribution >= 0.6 is 0 Å². The molecule has 1 heterocycles. The molecule has 3 aromatic rings. The highest BCUT2D eigenvalue weighted by Crippen LogP contribution is 2.37. The van der Waals surface area contributed by atoms with Gasteiger partial charge in [0.15, 0.2) is 11.5 Å². The van der Waals surface area contributed by atoms with Crippen molar-refractivity contribution in [2.75, 3.05) is 12.5 Å². The highest BCUT2D eigenvalue weighted by atomic mass is 16.6. The van der Waals surface area contributed by atoms with Crippen molar-refractivity contribution < 1.29 is 24.1 Å². The average Bonchev–Trinajstić information content (AvgIpc) is 2.78. The minimum absolute atomic E-state index is 0.105. The number of nitrogens with one attached hydrogen (secondary N) is 2. The summed E-state index contributed by atoms with van der Waals surface area (Å²) in [6.07, 6.45) is 0.900. The lowest BCUT2D eigenvalue weighted by Crippen LogP contribution is -2.31. The zero-order valence-corrected chi connectivity index (χ0v) is 16.5. The van der Waals surface area contributed by atoms with Crippen molar-refractivity contribution >= 4 is 23.1 Å². The minimum atomic E-state index is -0.754. The molecule has 0 fully saturated rings. The molecular formula is C19H16N6O7. The maximum Gasteiger partial charge on any atom is 0.374 e. The van der Waals surface area contributed by atoms with Crippen LogP contribution in [0.3, 0.4) is 0 Å². The topological polar surface area (TPSA) is 172 Å². The Balaban J connectivity index is 1.73. The molecule has 0 radical (unpaired) electrons. The van der Waals surface area contributed by atoms with Crippen molar-refractivity contribution in [3.8, 4) is 17.4 Å². The fraction of sp³-hybridized carbons (Fsp3) is 0.105. The number of methoxy groups -OCH3 is 1. The fourth-order valence-electron chi connectivity index (χ4n) is 2.59. The van der Waals surface area contributed by atoms with E-state index in [9.17, 15) is 25.0 Å². The number of para-hydroxylation sites is 2. The van der Waals surface area contributed by atoms with Crippen LogP contribution in [0.5, 0.6) is 17.4 Å².